The van der Waals surface area contributed by atoms with Crippen LogP contribution in [0.5, 0.6) is 5.75 Å². The lowest BCUT2D eigenvalue weighted by Crippen LogP contribution is -2.20. The van der Waals surface area contributed by atoms with Crippen molar-refractivity contribution < 1.29 is 17.9 Å². The van der Waals surface area contributed by atoms with Crippen LogP contribution in [0.3, 0.4) is 0 Å². The number of aromatic nitrogens is 1. The molecular weight excluding hydrogens is 532 g/mol. The third-order valence-electron chi connectivity index (χ3n) is 5.98. The Morgan fingerprint density at radius 3 is 2.38 bits per heavy atom. The molecule has 0 radical (unpaired) electrons. The zero-order chi connectivity index (χ0) is 27.4. The molecule has 0 spiro atoms. The maximum atomic E-state index is 13.2. The summed E-state index contributed by atoms with van der Waals surface area (Å²) in [6, 6.07) is 26.0. The molecule has 2 N–H and O–H groups in total. The highest BCUT2D eigenvalue weighted by molar-refractivity contribution is 7.92. The topological polar surface area (TPSA) is 110 Å². The first-order valence-electron chi connectivity index (χ1n) is 11.9. The van der Waals surface area contributed by atoms with Gasteiger partial charge in [-0.25, -0.2) is 18.8 Å². The second-order valence-corrected chi connectivity index (χ2v) is 11.2. The van der Waals surface area contributed by atoms with Gasteiger partial charge in [-0.3, -0.25) is 9.52 Å². The molecule has 0 saturated carbocycles. The Bertz CT molecular complexity index is 1770. The van der Waals surface area contributed by atoms with Crippen LogP contribution in [0.1, 0.15) is 22.8 Å². The van der Waals surface area contributed by atoms with Crippen LogP contribution >= 0.6 is 11.3 Å². The van der Waals surface area contributed by atoms with Gasteiger partial charge in [-0.15, -0.1) is 11.3 Å². The predicted octanol–water partition coefficient (Wildman–Crippen LogP) is 5.93. The zero-order valence-corrected chi connectivity index (χ0v) is 22.7. The van der Waals surface area contributed by atoms with E-state index < -0.39 is 10.0 Å². The van der Waals surface area contributed by atoms with Crippen LogP contribution in [0.25, 0.3) is 21.5 Å². The van der Waals surface area contributed by atoms with Gasteiger partial charge in [0.25, 0.3) is 15.9 Å². The van der Waals surface area contributed by atoms with Gasteiger partial charge in [0.05, 0.1) is 39.4 Å². The molecule has 0 fully saturated rings. The van der Waals surface area contributed by atoms with Gasteiger partial charge < -0.3 is 4.74 Å². The average Bonchev–Trinajstić information content (AvgIpc) is 3.51. The van der Waals surface area contributed by atoms with E-state index in [0.717, 1.165) is 16.0 Å². The summed E-state index contributed by atoms with van der Waals surface area (Å²) in [7, 11) is -2.24. The number of nitrogens with one attached hydrogen (secondary N) is 2. The number of methoxy groups -OCH3 is 1. The maximum absolute atomic E-state index is 13.2. The summed E-state index contributed by atoms with van der Waals surface area (Å²) in [6.07, 6.45) is 0. The van der Waals surface area contributed by atoms with Gasteiger partial charge in [-0.2, -0.15) is 5.10 Å². The summed E-state index contributed by atoms with van der Waals surface area (Å²) >= 11 is 1.55. The fraction of sp³-hybridized carbons (Fsp3) is 0.0690. The Hall–Kier alpha value is -4.54. The van der Waals surface area contributed by atoms with Gasteiger partial charge in [0.2, 0.25) is 0 Å². The van der Waals surface area contributed by atoms with Crippen LogP contribution in [-0.2, 0) is 10.0 Å². The Labute approximate surface area is 230 Å². The van der Waals surface area contributed by atoms with Crippen LogP contribution in [0.15, 0.2) is 106 Å². The van der Waals surface area contributed by atoms with E-state index in [4.69, 9.17) is 9.72 Å². The summed E-state index contributed by atoms with van der Waals surface area (Å²) in [6.45, 7) is 1.74. The monoisotopic (exact) mass is 556 g/mol. The molecule has 0 aliphatic heterocycles. The second-order valence-electron chi connectivity index (χ2n) is 8.55. The van der Waals surface area contributed by atoms with Crippen LogP contribution in [0.2, 0.25) is 0 Å². The number of anilines is 1. The average molecular weight is 557 g/mol. The highest BCUT2D eigenvalue weighted by Crippen LogP contribution is 2.28. The number of hydrogen-bond donors (Lipinski definition) is 2. The van der Waals surface area contributed by atoms with Crippen molar-refractivity contribution in [2.24, 2.45) is 5.10 Å². The minimum absolute atomic E-state index is 0.100. The molecule has 0 unspecified atom stereocenters. The molecule has 1 amide bonds. The molecule has 2 aromatic heterocycles. The van der Waals surface area contributed by atoms with Crippen molar-refractivity contribution in [3.8, 4) is 16.3 Å². The summed E-state index contributed by atoms with van der Waals surface area (Å²) in [5.41, 5.74) is 6.14. The van der Waals surface area contributed by atoms with Crippen molar-refractivity contribution in [1.29, 1.82) is 0 Å². The number of para-hydroxylation sites is 1. The Morgan fingerprint density at radius 2 is 1.69 bits per heavy atom. The number of sulfonamides is 1. The maximum Gasteiger partial charge on any atom is 0.272 e. The number of pyridine rings is 1. The predicted molar refractivity (Wildman–Crippen MR) is 155 cm³/mol. The number of carbonyl (C=O) groups excluding carboxylic acids is 1. The molecular formula is C29H24N4O4S2. The number of ether oxygens (including phenoxy) is 1. The molecule has 0 atom stereocenters. The number of benzene rings is 3. The number of nitrogens with zero attached hydrogens (tertiary/aromatic N) is 2. The first-order chi connectivity index (χ1) is 18.8. The van der Waals surface area contributed by atoms with Gasteiger partial charge in [0, 0.05) is 11.1 Å². The second kappa shape index (κ2) is 11.1. The number of rotatable bonds is 8. The quantitative estimate of drug-likeness (QED) is 0.182. The molecule has 39 heavy (non-hydrogen) atoms. The first kappa shape index (κ1) is 26.1. The number of amides is 1. The fourth-order valence-corrected chi connectivity index (χ4v) is 5.67. The summed E-state index contributed by atoms with van der Waals surface area (Å²) in [4.78, 5) is 18.9. The molecule has 0 aliphatic rings. The van der Waals surface area contributed by atoms with Crippen LogP contribution in [-0.4, -0.2) is 32.1 Å². The highest BCUT2D eigenvalue weighted by Gasteiger charge is 2.16. The lowest BCUT2D eigenvalue weighted by molar-refractivity contribution is 0.0956. The van der Waals surface area contributed by atoms with Crippen molar-refractivity contribution in [2.45, 2.75) is 11.8 Å². The summed E-state index contributed by atoms with van der Waals surface area (Å²) in [5, 5.41) is 6.96. The number of thiophene rings is 1. The van der Waals surface area contributed by atoms with Crippen LogP contribution < -0.4 is 14.9 Å². The molecule has 5 aromatic rings. The van der Waals surface area contributed by atoms with E-state index in [0.29, 0.717) is 33.8 Å². The van der Waals surface area contributed by atoms with E-state index in [1.165, 1.54) is 12.1 Å². The molecule has 0 bridgehead atoms. The van der Waals surface area contributed by atoms with Gasteiger partial charge in [-0.05, 0) is 72.5 Å². The Kier molecular flexibility index (Phi) is 7.40. The molecule has 196 valence electrons. The lowest BCUT2D eigenvalue weighted by Gasteiger charge is -2.10. The third kappa shape index (κ3) is 5.82. The van der Waals surface area contributed by atoms with E-state index in [2.05, 4.69) is 15.2 Å². The van der Waals surface area contributed by atoms with Gasteiger partial charge >= 0.3 is 0 Å². The molecule has 10 heteroatoms. The standard InChI is InChI=1S/C29H24N4O4S2/c1-19(20-9-15-23(16-10-20)39(35,36)33-21-11-13-22(37-2)14-12-21)31-32-29(34)25-18-27(28-8-5-17-38-28)30-26-7-4-3-6-24(25)26/h3-18,33H,1-2H3,(H,32,34)/b31-19+. The van der Waals surface area contributed by atoms with Gasteiger partial charge in [-0.1, -0.05) is 36.4 Å². The van der Waals surface area contributed by atoms with Crippen LogP contribution in [0.4, 0.5) is 5.69 Å². The SMILES string of the molecule is COc1ccc(NS(=O)(=O)c2ccc(/C(C)=N/NC(=O)c3cc(-c4cccs4)nc4ccccc34)cc2)cc1. The molecule has 0 saturated heterocycles. The number of hydrogen-bond acceptors (Lipinski definition) is 7. The largest absolute Gasteiger partial charge is 0.497 e. The minimum Gasteiger partial charge on any atom is -0.497 e. The zero-order valence-electron chi connectivity index (χ0n) is 21.1. The fourth-order valence-electron chi connectivity index (χ4n) is 3.92. The minimum atomic E-state index is -3.79. The highest BCUT2D eigenvalue weighted by atomic mass is 32.2. The molecule has 8 nitrogen and oxygen atoms in total. The Balaban J connectivity index is 1.33. The van der Waals surface area contributed by atoms with Gasteiger partial charge in [0.15, 0.2) is 0 Å². The number of carbonyl (C=O) groups is 1. The van der Waals surface area contributed by atoms with E-state index in [1.54, 1.807) is 67.8 Å². The van der Waals surface area contributed by atoms with Crippen molar-refractivity contribution in [3.63, 3.8) is 0 Å². The van der Waals surface area contributed by atoms with Gasteiger partial charge in [0.1, 0.15) is 5.75 Å². The van der Waals surface area contributed by atoms with E-state index in [-0.39, 0.29) is 10.8 Å². The van der Waals surface area contributed by atoms with E-state index in [9.17, 15) is 13.2 Å². The van der Waals surface area contributed by atoms with Crippen molar-refractivity contribution in [2.75, 3.05) is 11.8 Å². The van der Waals surface area contributed by atoms with Crippen LogP contribution in [0, 0.1) is 0 Å². The van der Waals surface area contributed by atoms with E-state index in [1.807, 2.05) is 41.8 Å². The molecule has 2 heterocycles. The lowest BCUT2D eigenvalue weighted by atomic mass is 10.1. The summed E-state index contributed by atoms with van der Waals surface area (Å²) < 4.78 is 33.2. The summed E-state index contributed by atoms with van der Waals surface area (Å²) in [5.74, 6) is 0.262. The molecule has 3 aromatic carbocycles. The number of hydrazone groups is 1. The molecule has 5 rings (SSSR count). The first-order valence-corrected chi connectivity index (χ1v) is 14.3. The third-order valence-corrected chi connectivity index (χ3v) is 8.27. The Morgan fingerprint density at radius 1 is 0.949 bits per heavy atom. The number of fused-ring (bicyclic) bond motifs is 1. The van der Waals surface area contributed by atoms with Crippen molar-refractivity contribution in [3.05, 3.63) is 108 Å². The van der Waals surface area contributed by atoms with Crippen molar-refractivity contribution >= 4 is 49.6 Å². The normalized spacial score (nSPS) is 11.8. The van der Waals surface area contributed by atoms with E-state index >= 15 is 0 Å². The molecule has 0 aliphatic carbocycles. The van der Waals surface area contributed by atoms with Crippen molar-refractivity contribution in [1.82, 2.24) is 10.4 Å². The smallest absolute Gasteiger partial charge is 0.272 e.